The van der Waals surface area contributed by atoms with Gasteiger partial charge in [0.2, 0.25) is 0 Å². The maximum Gasteiger partial charge on any atom is 0.291 e. The molecular weight excluding hydrogens is 328 g/mol. The lowest BCUT2D eigenvalue weighted by molar-refractivity contribution is 0.0949. The summed E-state index contributed by atoms with van der Waals surface area (Å²) >= 11 is 6.37. The van der Waals surface area contributed by atoms with Crippen molar-refractivity contribution in [1.82, 2.24) is 25.2 Å². The van der Waals surface area contributed by atoms with Crippen LogP contribution in [0, 0.1) is 6.92 Å². The fraction of sp³-hybridized carbons (Fsp3) is 0.0625. The number of hydrogen-bond acceptors (Lipinski definition) is 5. The Bertz CT molecular complexity index is 876. The van der Waals surface area contributed by atoms with E-state index in [4.69, 9.17) is 11.6 Å². The number of amides is 1. The molecule has 8 heteroatoms. The molecular formula is C16H13ClN6O. The average molecular weight is 341 g/mol. The van der Waals surface area contributed by atoms with Crippen LogP contribution in [0.15, 0.2) is 54.0 Å². The third kappa shape index (κ3) is 3.31. The molecule has 0 fully saturated rings. The maximum absolute atomic E-state index is 11.9. The molecule has 0 saturated heterocycles. The first-order valence-electron chi connectivity index (χ1n) is 7.07. The summed E-state index contributed by atoms with van der Waals surface area (Å²) in [5.74, 6) is -0.455. The Morgan fingerprint density at radius 2 is 2.08 bits per heavy atom. The number of hydrogen-bond donors (Lipinski definition) is 1. The molecule has 0 aliphatic carbocycles. The summed E-state index contributed by atoms with van der Waals surface area (Å²) in [6.45, 7) is 1.82. The van der Waals surface area contributed by atoms with Crippen molar-refractivity contribution in [3.05, 3.63) is 71.0 Å². The van der Waals surface area contributed by atoms with Crippen molar-refractivity contribution in [3.63, 3.8) is 0 Å². The minimum absolute atomic E-state index is 0.178. The second-order valence-corrected chi connectivity index (χ2v) is 5.19. The van der Waals surface area contributed by atoms with Crippen LogP contribution in [0.25, 0.3) is 5.69 Å². The zero-order valence-corrected chi connectivity index (χ0v) is 13.5. The van der Waals surface area contributed by atoms with Crippen LogP contribution in [0.5, 0.6) is 0 Å². The molecule has 0 radical (unpaired) electrons. The van der Waals surface area contributed by atoms with Crippen molar-refractivity contribution in [2.24, 2.45) is 5.10 Å². The van der Waals surface area contributed by atoms with Crippen molar-refractivity contribution in [2.75, 3.05) is 0 Å². The first-order chi connectivity index (χ1) is 11.7. The molecule has 120 valence electrons. The summed E-state index contributed by atoms with van der Waals surface area (Å²) in [6, 6.07) is 9.51. The quantitative estimate of drug-likeness (QED) is 0.583. The fourth-order valence-electron chi connectivity index (χ4n) is 2.03. The molecule has 1 aromatic carbocycles. The van der Waals surface area contributed by atoms with Crippen LogP contribution < -0.4 is 5.43 Å². The van der Waals surface area contributed by atoms with Gasteiger partial charge in [0.25, 0.3) is 5.91 Å². The van der Waals surface area contributed by atoms with Crippen LogP contribution in [0.2, 0.25) is 5.15 Å². The molecule has 2 heterocycles. The van der Waals surface area contributed by atoms with Gasteiger partial charge in [0.05, 0.1) is 29.4 Å². The second kappa shape index (κ2) is 7.01. The first kappa shape index (κ1) is 15.8. The fourth-order valence-corrected chi connectivity index (χ4v) is 2.35. The van der Waals surface area contributed by atoms with Gasteiger partial charge in [-0.3, -0.25) is 9.78 Å². The van der Waals surface area contributed by atoms with Crippen LogP contribution in [-0.4, -0.2) is 31.9 Å². The number of nitrogens with one attached hydrogen (secondary N) is 1. The van der Waals surface area contributed by atoms with Gasteiger partial charge in [-0.05, 0) is 19.1 Å². The van der Waals surface area contributed by atoms with Gasteiger partial charge in [0.15, 0.2) is 0 Å². The number of halogens is 1. The van der Waals surface area contributed by atoms with Crippen LogP contribution in [0.3, 0.4) is 0 Å². The highest BCUT2D eigenvalue weighted by atomic mass is 35.5. The molecule has 0 aliphatic rings. The lowest BCUT2D eigenvalue weighted by atomic mass is 10.3. The van der Waals surface area contributed by atoms with Crippen molar-refractivity contribution >= 4 is 23.7 Å². The average Bonchev–Trinajstić information content (AvgIpc) is 2.91. The SMILES string of the molecule is Cc1nn(-c2ccccc2)c(Cl)c1C=NNC(=O)c1cnccn1. The molecule has 24 heavy (non-hydrogen) atoms. The number of nitrogens with zero attached hydrogens (tertiary/aromatic N) is 5. The van der Waals surface area contributed by atoms with Gasteiger partial charge in [-0.15, -0.1) is 0 Å². The minimum Gasteiger partial charge on any atom is -0.265 e. The minimum atomic E-state index is -0.455. The molecule has 0 bridgehead atoms. The Morgan fingerprint density at radius 3 is 2.79 bits per heavy atom. The summed E-state index contributed by atoms with van der Waals surface area (Å²) in [7, 11) is 0. The molecule has 0 unspecified atom stereocenters. The number of carbonyl (C=O) groups is 1. The van der Waals surface area contributed by atoms with Gasteiger partial charge >= 0.3 is 0 Å². The Labute approximate surface area is 143 Å². The third-order valence-electron chi connectivity index (χ3n) is 3.20. The van der Waals surface area contributed by atoms with E-state index < -0.39 is 5.91 Å². The molecule has 0 saturated carbocycles. The van der Waals surface area contributed by atoms with Crippen molar-refractivity contribution in [1.29, 1.82) is 0 Å². The smallest absolute Gasteiger partial charge is 0.265 e. The molecule has 7 nitrogen and oxygen atoms in total. The monoisotopic (exact) mass is 340 g/mol. The Hall–Kier alpha value is -3.06. The summed E-state index contributed by atoms with van der Waals surface area (Å²) in [4.78, 5) is 19.6. The van der Waals surface area contributed by atoms with Crippen molar-refractivity contribution < 1.29 is 4.79 Å². The van der Waals surface area contributed by atoms with Crippen LogP contribution in [-0.2, 0) is 0 Å². The van der Waals surface area contributed by atoms with E-state index in [9.17, 15) is 4.79 Å². The third-order valence-corrected chi connectivity index (χ3v) is 3.57. The lowest BCUT2D eigenvalue weighted by Gasteiger charge is -2.01. The van der Waals surface area contributed by atoms with E-state index in [0.29, 0.717) is 16.4 Å². The highest BCUT2D eigenvalue weighted by molar-refractivity contribution is 6.32. The van der Waals surface area contributed by atoms with Crippen LogP contribution in [0.1, 0.15) is 21.7 Å². The van der Waals surface area contributed by atoms with Crippen molar-refractivity contribution in [2.45, 2.75) is 6.92 Å². The van der Waals surface area contributed by atoms with Crippen molar-refractivity contribution in [3.8, 4) is 5.69 Å². The Kier molecular flexibility index (Phi) is 4.62. The zero-order chi connectivity index (χ0) is 16.9. The summed E-state index contributed by atoms with van der Waals surface area (Å²) in [6.07, 6.45) is 5.74. The van der Waals surface area contributed by atoms with E-state index in [1.54, 1.807) is 4.68 Å². The largest absolute Gasteiger partial charge is 0.291 e. The number of para-hydroxylation sites is 1. The Balaban J connectivity index is 1.78. The number of rotatable bonds is 4. The highest BCUT2D eigenvalue weighted by Crippen LogP contribution is 2.21. The van der Waals surface area contributed by atoms with Gasteiger partial charge in [0.1, 0.15) is 10.8 Å². The maximum atomic E-state index is 11.9. The van der Waals surface area contributed by atoms with E-state index >= 15 is 0 Å². The molecule has 0 spiro atoms. The number of aryl methyl sites for hydroxylation is 1. The van der Waals surface area contributed by atoms with E-state index in [-0.39, 0.29) is 5.69 Å². The van der Waals surface area contributed by atoms with E-state index in [1.165, 1.54) is 24.8 Å². The van der Waals surface area contributed by atoms with Gasteiger partial charge in [0, 0.05) is 12.4 Å². The molecule has 2 aromatic heterocycles. The van der Waals surface area contributed by atoms with Gasteiger partial charge in [-0.2, -0.15) is 10.2 Å². The predicted molar refractivity (Wildman–Crippen MR) is 90.4 cm³/mol. The summed E-state index contributed by atoms with van der Waals surface area (Å²) < 4.78 is 1.61. The molecule has 1 amide bonds. The second-order valence-electron chi connectivity index (χ2n) is 4.83. The van der Waals surface area contributed by atoms with Crippen LogP contribution >= 0.6 is 11.6 Å². The van der Waals surface area contributed by atoms with Gasteiger partial charge in [-0.25, -0.2) is 15.1 Å². The zero-order valence-electron chi connectivity index (χ0n) is 12.7. The number of carbonyl (C=O) groups excluding carboxylic acids is 1. The number of aromatic nitrogens is 4. The summed E-state index contributed by atoms with van der Waals surface area (Å²) in [5, 5.41) is 8.72. The Morgan fingerprint density at radius 1 is 1.29 bits per heavy atom. The van der Waals surface area contributed by atoms with E-state index in [1.807, 2.05) is 37.3 Å². The number of hydrazone groups is 1. The first-order valence-corrected chi connectivity index (χ1v) is 7.44. The van der Waals surface area contributed by atoms with Crippen LogP contribution in [0.4, 0.5) is 0 Å². The van der Waals surface area contributed by atoms with Gasteiger partial charge < -0.3 is 0 Å². The van der Waals surface area contributed by atoms with E-state index in [2.05, 4.69) is 25.6 Å². The number of benzene rings is 1. The topological polar surface area (TPSA) is 85.1 Å². The predicted octanol–water partition coefficient (Wildman–Crippen LogP) is 2.39. The van der Waals surface area contributed by atoms with E-state index in [0.717, 1.165) is 5.69 Å². The highest BCUT2D eigenvalue weighted by Gasteiger charge is 2.13. The molecule has 3 rings (SSSR count). The molecule has 3 aromatic rings. The van der Waals surface area contributed by atoms with Gasteiger partial charge in [-0.1, -0.05) is 29.8 Å². The lowest BCUT2D eigenvalue weighted by Crippen LogP contribution is -2.19. The standard InChI is InChI=1S/C16H13ClN6O/c1-11-13(9-20-21-16(24)14-10-18-7-8-19-14)15(17)23(22-11)12-5-3-2-4-6-12/h2-10H,1H3,(H,21,24). The summed E-state index contributed by atoms with van der Waals surface area (Å²) in [5.41, 5.74) is 4.72. The molecule has 0 atom stereocenters. The molecule has 0 aliphatic heterocycles. The normalized spacial score (nSPS) is 10.9. The molecule has 1 N–H and O–H groups in total.